The maximum atomic E-state index is 12.7. The van der Waals surface area contributed by atoms with E-state index in [1.807, 2.05) is 6.92 Å². The minimum absolute atomic E-state index is 0.309. The van der Waals surface area contributed by atoms with Crippen LogP contribution in [0.2, 0.25) is 0 Å². The number of hydrogen-bond acceptors (Lipinski definition) is 2. The van der Waals surface area contributed by atoms with Gasteiger partial charge in [0.25, 0.3) is 0 Å². The molecule has 76 valence electrons. The predicted octanol–water partition coefficient (Wildman–Crippen LogP) is 3.64. The van der Waals surface area contributed by atoms with Gasteiger partial charge in [0.15, 0.2) is 0 Å². The lowest BCUT2D eigenvalue weighted by Crippen LogP contribution is -1.91. The molecule has 1 rings (SSSR count). The van der Waals surface area contributed by atoms with Gasteiger partial charge >= 0.3 is 0 Å². The van der Waals surface area contributed by atoms with E-state index < -0.39 is 0 Å². The molecule has 0 amide bonds. The Morgan fingerprint density at radius 2 is 2.36 bits per heavy atom. The molecule has 0 radical (unpaired) electrons. The third-order valence-electron chi connectivity index (χ3n) is 1.61. The molecule has 0 aliphatic heterocycles. The molecule has 0 fully saturated rings. The zero-order chi connectivity index (χ0) is 10.6. The van der Waals surface area contributed by atoms with Gasteiger partial charge in [-0.25, -0.2) is 4.39 Å². The maximum absolute atomic E-state index is 12.7. The van der Waals surface area contributed by atoms with Crippen molar-refractivity contribution in [3.05, 3.63) is 35.1 Å². The van der Waals surface area contributed by atoms with E-state index in [2.05, 4.69) is 0 Å². The van der Waals surface area contributed by atoms with Crippen molar-refractivity contribution in [3.8, 4) is 0 Å². The van der Waals surface area contributed by atoms with Crippen LogP contribution in [0.1, 0.15) is 6.92 Å². The van der Waals surface area contributed by atoms with Crippen LogP contribution < -0.4 is 5.73 Å². The molecule has 0 unspecified atom stereocenters. The van der Waals surface area contributed by atoms with Crippen molar-refractivity contribution < 1.29 is 4.39 Å². The van der Waals surface area contributed by atoms with E-state index in [4.69, 9.17) is 17.3 Å². The molecule has 0 heterocycles. The zero-order valence-electron chi connectivity index (χ0n) is 7.76. The molecule has 0 saturated heterocycles. The summed E-state index contributed by atoms with van der Waals surface area (Å²) >= 11 is 7.06. The van der Waals surface area contributed by atoms with E-state index >= 15 is 0 Å². The van der Waals surface area contributed by atoms with Gasteiger partial charge in [-0.2, -0.15) is 0 Å². The lowest BCUT2D eigenvalue weighted by molar-refractivity contribution is 0.627. The third-order valence-corrected chi connectivity index (χ3v) is 3.27. The highest BCUT2D eigenvalue weighted by molar-refractivity contribution is 7.99. The molecule has 4 heteroatoms. The van der Waals surface area contributed by atoms with Gasteiger partial charge in [-0.05, 0) is 25.1 Å². The molecule has 0 atom stereocenters. The molecule has 2 N–H and O–H groups in total. The van der Waals surface area contributed by atoms with Crippen LogP contribution in [0.3, 0.4) is 0 Å². The highest BCUT2D eigenvalue weighted by Gasteiger charge is 2.01. The van der Waals surface area contributed by atoms with E-state index in [0.29, 0.717) is 5.69 Å². The number of benzene rings is 1. The summed E-state index contributed by atoms with van der Waals surface area (Å²) in [6.07, 6.45) is 0. The average molecular weight is 232 g/mol. The van der Waals surface area contributed by atoms with Crippen molar-refractivity contribution in [1.29, 1.82) is 0 Å². The molecular weight excluding hydrogens is 221 g/mol. The first-order chi connectivity index (χ1) is 6.63. The smallest absolute Gasteiger partial charge is 0.125 e. The first-order valence-corrected chi connectivity index (χ1v) is 5.49. The van der Waals surface area contributed by atoms with E-state index in [-0.39, 0.29) is 5.82 Å². The first-order valence-electron chi connectivity index (χ1n) is 4.07. The molecule has 0 aliphatic carbocycles. The van der Waals surface area contributed by atoms with Crippen molar-refractivity contribution in [3.63, 3.8) is 0 Å². The average Bonchev–Trinajstić information content (AvgIpc) is 2.16. The normalized spacial score (nSPS) is 11.8. The van der Waals surface area contributed by atoms with Crippen LogP contribution in [0, 0.1) is 5.82 Å². The van der Waals surface area contributed by atoms with Gasteiger partial charge in [0, 0.05) is 21.9 Å². The van der Waals surface area contributed by atoms with Crippen LogP contribution in [-0.4, -0.2) is 5.75 Å². The van der Waals surface area contributed by atoms with Crippen molar-refractivity contribution in [2.45, 2.75) is 11.8 Å². The largest absolute Gasteiger partial charge is 0.398 e. The number of hydrogen-bond donors (Lipinski definition) is 1. The Hall–Kier alpha value is -0.670. The number of halogens is 2. The number of nitrogen functional groups attached to an aromatic ring is 1. The first kappa shape index (κ1) is 11.4. The second-order valence-corrected chi connectivity index (χ2v) is 4.16. The van der Waals surface area contributed by atoms with Crippen LogP contribution in [0.5, 0.6) is 0 Å². The molecule has 0 spiro atoms. The summed E-state index contributed by atoms with van der Waals surface area (Å²) in [6, 6.07) is 4.40. The number of nitrogens with two attached hydrogens (primary N) is 1. The fourth-order valence-corrected chi connectivity index (χ4v) is 1.90. The summed E-state index contributed by atoms with van der Waals surface area (Å²) in [5.74, 6) is 0.454. The van der Waals surface area contributed by atoms with E-state index in [9.17, 15) is 4.39 Å². The molecule has 1 nitrogen and oxygen atoms in total. The van der Waals surface area contributed by atoms with Gasteiger partial charge < -0.3 is 5.73 Å². The molecule has 14 heavy (non-hydrogen) atoms. The molecule has 1 aromatic rings. The topological polar surface area (TPSA) is 26.0 Å². The minimum Gasteiger partial charge on any atom is -0.398 e. The van der Waals surface area contributed by atoms with Crippen molar-refractivity contribution in [2.24, 2.45) is 0 Å². The van der Waals surface area contributed by atoms with Crippen LogP contribution in [0.15, 0.2) is 34.2 Å². The number of thioether (sulfide) groups is 1. The second kappa shape index (κ2) is 5.27. The van der Waals surface area contributed by atoms with Gasteiger partial charge in [-0.1, -0.05) is 17.2 Å². The van der Waals surface area contributed by atoms with E-state index in [1.165, 1.54) is 17.7 Å². The summed E-state index contributed by atoms with van der Waals surface area (Å²) in [5.41, 5.74) is 8.70. The molecular formula is C10H11ClFNS. The lowest BCUT2D eigenvalue weighted by Gasteiger charge is -2.04. The standard InChI is InChI=1S/C10H11ClFNS/c1-7(5-11)6-14-10-3-2-8(12)4-9(10)13/h2-5H,6,13H2,1H3/b7-5-. The Labute approximate surface area is 92.1 Å². The SMILES string of the molecule is C/C(=C/Cl)CSc1ccc(F)cc1N. The van der Waals surface area contributed by atoms with Crippen LogP contribution in [0.4, 0.5) is 10.1 Å². The van der Waals surface area contributed by atoms with Gasteiger partial charge in [-0.15, -0.1) is 11.8 Å². The monoisotopic (exact) mass is 231 g/mol. The van der Waals surface area contributed by atoms with Crippen molar-refractivity contribution in [1.82, 2.24) is 0 Å². The van der Waals surface area contributed by atoms with Crippen LogP contribution in [0.25, 0.3) is 0 Å². The Morgan fingerprint density at radius 3 is 2.93 bits per heavy atom. The highest BCUT2D eigenvalue weighted by atomic mass is 35.5. The van der Waals surface area contributed by atoms with Crippen molar-refractivity contribution >= 4 is 29.1 Å². The fraction of sp³-hybridized carbons (Fsp3) is 0.200. The summed E-state index contributed by atoms with van der Waals surface area (Å²) in [6.45, 7) is 1.93. The van der Waals surface area contributed by atoms with Gasteiger partial charge in [0.2, 0.25) is 0 Å². The molecule has 0 aromatic heterocycles. The van der Waals surface area contributed by atoms with Gasteiger partial charge in [0.05, 0.1) is 0 Å². The Balaban J connectivity index is 2.68. The lowest BCUT2D eigenvalue weighted by atomic mass is 10.3. The highest BCUT2D eigenvalue weighted by Crippen LogP contribution is 2.27. The Bertz CT molecular complexity index is 352. The molecule has 0 aliphatic rings. The number of anilines is 1. The van der Waals surface area contributed by atoms with Crippen molar-refractivity contribution in [2.75, 3.05) is 11.5 Å². The minimum atomic E-state index is -0.309. The summed E-state index contributed by atoms with van der Waals surface area (Å²) < 4.78 is 12.7. The molecule has 0 saturated carbocycles. The summed E-state index contributed by atoms with van der Waals surface area (Å²) in [7, 11) is 0. The Kier molecular flexibility index (Phi) is 4.29. The summed E-state index contributed by atoms with van der Waals surface area (Å²) in [5, 5.41) is 0. The molecule has 1 aromatic carbocycles. The van der Waals surface area contributed by atoms with Crippen LogP contribution in [-0.2, 0) is 0 Å². The second-order valence-electron chi connectivity index (χ2n) is 2.93. The quantitative estimate of drug-likeness (QED) is 0.635. The van der Waals surface area contributed by atoms with Gasteiger partial charge in [-0.3, -0.25) is 0 Å². The van der Waals surface area contributed by atoms with Crippen LogP contribution >= 0.6 is 23.4 Å². The third kappa shape index (κ3) is 3.24. The zero-order valence-corrected chi connectivity index (χ0v) is 9.33. The Morgan fingerprint density at radius 1 is 1.64 bits per heavy atom. The fourth-order valence-electron chi connectivity index (χ4n) is 0.874. The maximum Gasteiger partial charge on any atom is 0.125 e. The van der Waals surface area contributed by atoms with E-state index in [1.54, 1.807) is 17.8 Å². The van der Waals surface area contributed by atoms with E-state index in [0.717, 1.165) is 16.2 Å². The molecule has 0 bridgehead atoms. The number of rotatable bonds is 3. The predicted molar refractivity (Wildman–Crippen MR) is 61.1 cm³/mol. The summed E-state index contributed by atoms with van der Waals surface area (Å²) in [4.78, 5) is 0.879. The van der Waals surface area contributed by atoms with Gasteiger partial charge in [0.1, 0.15) is 5.82 Å².